The molecule has 1 amide bonds. The van der Waals surface area contributed by atoms with Crippen LogP contribution in [0.25, 0.3) is 5.65 Å². The number of ether oxygens (including phenoxy) is 2. The summed E-state index contributed by atoms with van der Waals surface area (Å²) in [4.78, 5) is 32.1. The molecule has 1 saturated heterocycles. The van der Waals surface area contributed by atoms with Gasteiger partial charge in [-0.1, -0.05) is 18.2 Å². The lowest BCUT2D eigenvalue weighted by Gasteiger charge is -2.33. The van der Waals surface area contributed by atoms with Gasteiger partial charge in [-0.15, -0.1) is 0 Å². The molecule has 1 aliphatic heterocycles. The van der Waals surface area contributed by atoms with Crippen LogP contribution in [0, 0.1) is 18.6 Å². The highest BCUT2D eigenvalue weighted by Gasteiger charge is 2.25. The second-order valence-corrected chi connectivity index (χ2v) is 9.84. The third kappa shape index (κ3) is 5.81. The van der Waals surface area contributed by atoms with Crippen molar-refractivity contribution in [3.05, 3.63) is 101 Å². The highest BCUT2D eigenvalue weighted by atomic mass is 19.1. The molecule has 0 spiro atoms. The molecule has 10 heteroatoms. The summed E-state index contributed by atoms with van der Waals surface area (Å²) in [6.45, 7) is 3.62. The number of amides is 1. The van der Waals surface area contributed by atoms with Gasteiger partial charge in [0.25, 0.3) is 5.91 Å². The standard InChI is InChI=1S/C30H30F2N4O4/c1-19-27(36-14-6-12-26(28(36)33-19)40-18-23-24(31)10-4-11-25(23)32)29(37)34-22-9-5-13-35(17-22)16-20-7-3-8-21(15-20)30(38)39-2/h3-4,6-8,10-12,14-15,22H,5,9,13,16-18H2,1-2H3,(H,34,37)/t22-/m0/s1. The number of piperidine rings is 1. The van der Waals surface area contributed by atoms with Gasteiger partial charge < -0.3 is 14.8 Å². The van der Waals surface area contributed by atoms with E-state index in [1.54, 1.807) is 35.7 Å². The summed E-state index contributed by atoms with van der Waals surface area (Å²) in [5.74, 6) is -1.71. The van der Waals surface area contributed by atoms with Gasteiger partial charge in [0.05, 0.1) is 23.9 Å². The van der Waals surface area contributed by atoms with Crippen LogP contribution < -0.4 is 10.1 Å². The van der Waals surface area contributed by atoms with E-state index in [0.717, 1.165) is 24.9 Å². The topological polar surface area (TPSA) is 85.2 Å². The Bertz CT molecular complexity index is 1530. The average molecular weight is 549 g/mol. The maximum absolute atomic E-state index is 14.1. The molecule has 2 aromatic heterocycles. The molecule has 4 aromatic rings. The number of aromatic nitrogens is 2. The average Bonchev–Trinajstić information content (AvgIpc) is 3.29. The van der Waals surface area contributed by atoms with Crippen molar-refractivity contribution in [2.75, 3.05) is 20.2 Å². The molecule has 40 heavy (non-hydrogen) atoms. The van der Waals surface area contributed by atoms with Crippen molar-refractivity contribution in [2.45, 2.75) is 39.0 Å². The van der Waals surface area contributed by atoms with E-state index in [9.17, 15) is 18.4 Å². The summed E-state index contributed by atoms with van der Waals surface area (Å²) in [7, 11) is 1.36. The molecule has 208 valence electrons. The van der Waals surface area contributed by atoms with Gasteiger partial charge in [-0.3, -0.25) is 14.1 Å². The van der Waals surface area contributed by atoms with E-state index in [0.29, 0.717) is 41.4 Å². The quantitative estimate of drug-likeness (QED) is 0.322. The first kappa shape index (κ1) is 27.3. The number of esters is 1. The molecule has 0 radical (unpaired) electrons. The number of fused-ring (bicyclic) bond motifs is 1. The van der Waals surface area contributed by atoms with Crippen LogP contribution in [-0.2, 0) is 17.9 Å². The number of halogens is 2. The van der Waals surface area contributed by atoms with Gasteiger partial charge in [0.2, 0.25) is 0 Å². The van der Waals surface area contributed by atoms with Crippen LogP contribution in [0.15, 0.2) is 60.8 Å². The molecular weight excluding hydrogens is 518 g/mol. The molecule has 0 bridgehead atoms. The van der Waals surface area contributed by atoms with E-state index in [1.165, 1.54) is 25.3 Å². The number of rotatable bonds is 8. The van der Waals surface area contributed by atoms with Crippen molar-refractivity contribution in [1.82, 2.24) is 19.6 Å². The van der Waals surface area contributed by atoms with E-state index in [4.69, 9.17) is 9.47 Å². The molecule has 1 fully saturated rings. The number of likely N-dealkylation sites (tertiary alicyclic amines) is 1. The monoisotopic (exact) mass is 548 g/mol. The van der Waals surface area contributed by atoms with Gasteiger partial charge in [0.1, 0.15) is 23.9 Å². The Morgan fingerprint density at radius 2 is 1.88 bits per heavy atom. The second-order valence-electron chi connectivity index (χ2n) is 9.84. The maximum Gasteiger partial charge on any atom is 0.337 e. The molecule has 3 heterocycles. The van der Waals surface area contributed by atoms with Crippen molar-refractivity contribution in [3.8, 4) is 5.75 Å². The Morgan fingerprint density at radius 3 is 2.65 bits per heavy atom. The molecule has 0 saturated carbocycles. The fourth-order valence-electron chi connectivity index (χ4n) is 5.11. The van der Waals surface area contributed by atoms with E-state index >= 15 is 0 Å². The Balaban J connectivity index is 1.27. The predicted octanol–water partition coefficient (Wildman–Crippen LogP) is 4.68. The number of imidazole rings is 1. The number of hydrogen-bond acceptors (Lipinski definition) is 6. The second kappa shape index (κ2) is 11.8. The number of nitrogens with zero attached hydrogens (tertiary/aromatic N) is 3. The van der Waals surface area contributed by atoms with Gasteiger partial charge >= 0.3 is 5.97 Å². The largest absolute Gasteiger partial charge is 0.485 e. The molecule has 1 N–H and O–H groups in total. The van der Waals surface area contributed by atoms with Gasteiger partial charge in [-0.05, 0) is 68.3 Å². The zero-order valence-corrected chi connectivity index (χ0v) is 22.3. The molecule has 8 nitrogen and oxygen atoms in total. The Hall–Kier alpha value is -4.31. The SMILES string of the molecule is COC(=O)c1cccc(CN2CCC[C@H](NC(=O)c3c(C)nc4c(OCc5c(F)cccc5F)cccn34)C2)c1. The lowest BCUT2D eigenvalue weighted by Crippen LogP contribution is -2.47. The van der Waals surface area contributed by atoms with E-state index in [2.05, 4.69) is 15.2 Å². The molecule has 2 aromatic carbocycles. The summed E-state index contributed by atoms with van der Waals surface area (Å²) in [6, 6.07) is 14.3. The van der Waals surface area contributed by atoms with Crippen molar-refractivity contribution in [3.63, 3.8) is 0 Å². The molecular formula is C30H30F2N4O4. The molecule has 0 unspecified atom stereocenters. The van der Waals surface area contributed by atoms with Crippen LogP contribution in [0.5, 0.6) is 5.75 Å². The third-order valence-corrected chi connectivity index (χ3v) is 7.03. The highest BCUT2D eigenvalue weighted by molar-refractivity contribution is 5.95. The van der Waals surface area contributed by atoms with Gasteiger partial charge in [0.15, 0.2) is 11.4 Å². The molecule has 1 aliphatic rings. The van der Waals surface area contributed by atoms with Crippen LogP contribution in [0.2, 0.25) is 0 Å². The maximum atomic E-state index is 14.1. The van der Waals surface area contributed by atoms with E-state index in [1.807, 2.05) is 18.2 Å². The van der Waals surface area contributed by atoms with Gasteiger partial charge in [0, 0.05) is 25.3 Å². The number of aryl methyl sites for hydroxylation is 1. The Morgan fingerprint density at radius 1 is 1.10 bits per heavy atom. The summed E-state index contributed by atoms with van der Waals surface area (Å²) in [5, 5.41) is 3.15. The minimum Gasteiger partial charge on any atom is -0.485 e. The van der Waals surface area contributed by atoms with Gasteiger partial charge in [-0.2, -0.15) is 0 Å². The summed E-state index contributed by atoms with van der Waals surface area (Å²) in [6.07, 6.45) is 3.46. The summed E-state index contributed by atoms with van der Waals surface area (Å²) in [5.41, 5.74) is 2.60. The normalized spacial score (nSPS) is 15.7. The van der Waals surface area contributed by atoms with Crippen molar-refractivity contribution >= 4 is 17.5 Å². The van der Waals surface area contributed by atoms with Crippen LogP contribution in [-0.4, -0.2) is 52.4 Å². The van der Waals surface area contributed by atoms with Gasteiger partial charge in [-0.25, -0.2) is 18.6 Å². The van der Waals surface area contributed by atoms with Crippen molar-refractivity contribution in [2.24, 2.45) is 0 Å². The zero-order chi connectivity index (χ0) is 28.2. The number of hydrogen-bond donors (Lipinski definition) is 1. The number of carbonyl (C=O) groups excluding carboxylic acids is 2. The molecule has 5 rings (SSSR count). The van der Waals surface area contributed by atoms with E-state index in [-0.39, 0.29) is 30.1 Å². The minimum atomic E-state index is -0.691. The lowest BCUT2D eigenvalue weighted by atomic mass is 10.0. The fraction of sp³-hybridized carbons (Fsp3) is 0.300. The van der Waals surface area contributed by atoms with Crippen LogP contribution in [0.1, 0.15) is 50.5 Å². The summed E-state index contributed by atoms with van der Waals surface area (Å²) >= 11 is 0. The summed E-state index contributed by atoms with van der Waals surface area (Å²) < 4.78 is 40.3. The Labute approximate surface area is 230 Å². The highest BCUT2D eigenvalue weighted by Crippen LogP contribution is 2.25. The first-order chi connectivity index (χ1) is 19.3. The minimum absolute atomic E-state index is 0.0709. The smallest absolute Gasteiger partial charge is 0.337 e. The number of methoxy groups -OCH3 is 1. The van der Waals surface area contributed by atoms with Crippen LogP contribution in [0.4, 0.5) is 8.78 Å². The van der Waals surface area contributed by atoms with E-state index < -0.39 is 11.6 Å². The first-order valence-corrected chi connectivity index (χ1v) is 13.1. The van der Waals surface area contributed by atoms with Crippen molar-refractivity contribution < 1.29 is 27.8 Å². The first-order valence-electron chi connectivity index (χ1n) is 13.1. The van der Waals surface area contributed by atoms with Crippen LogP contribution >= 0.6 is 0 Å². The number of carbonyl (C=O) groups is 2. The molecule has 0 aliphatic carbocycles. The Kier molecular flexibility index (Phi) is 8.06. The van der Waals surface area contributed by atoms with Crippen LogP contribution in [0.3, 0.4) is 0 Å². The fourth-order valence-corrected chi connectivity index (χ4v) is 5.11. The molecule has 1 atom stereocenters. The predicted molar refractivity (Wildman–Crippen MR) is 144 cm³/mol. The number of nitrogens with one attached hydrogen (secondary N) is 1. The lowest BCUT2D eigenvalue weighted by molar-refractivity contribution is 0.0600. The third-order valence-electron chi connectivity index (χ3n) is 7.03. The zero-order valence-electron chi connectivity index (χ0n) is 22.3. The number of pyridine rings is 1. The number of benzene rings is 2. The van der Waals surface area contributed by atoms with Crippen molar-refractivity contribution in [1.29, 1.82) is 0 Å².